The summed E-state index contributed by atoms with van der Waals surface area (Å²) in [6.07, 6.45) is 4.07. The van der Waals surface area contributed by atoms with Gasteiger partial charge in [0.1, 0.15) is 0 Å². The lowest BCUT2D eigenvalue weighted by Gasteiger charge is -2.40. The monoisotopic (exact) mass is 234 g/mol. The highest BCUT2D eigenvalue weighted by Gasteiger charge is 2.38. The molecule has 2 rings (SSSR count). The van der Waals surface area contributed by atoms with Gasteiger partial charge in [0.15, 0.2) is 0 Å². The summed E-state index contributed by atoms with van der Waals surface area (Å²) in [5, 5.41) is 9.61. The summed E-state index contributed by atoms with van der Waals surface area (Å²) in [5.74, 6) is 0. The molecule has 1 aromatic rings. The summed E-state index contributed by atoms with van der Waals surface area (Å²) in [6, 6.07) is 8.60. The van der Waals surface area contributed by atoms with Crippen molar-refractivity contribution >= 4 is 0 Å². The average Bonchev–Trinajstić information content (AvgIpc) is 2.24. The summed E-state index contributed by atoms with van der Waals surface area (Å²) in [5.41, 5.74) is 2.13. The summed E-state index contributed by atoms with van der Waals surface area (Å²) >= 11 is 0. The minimum Gasteiger partial charge on any atom is -0.390 e. The fourth-order valence-corrected chi connectivity index (χ4v) is 2.42. The van der Waals surface area contributed by atoms with Crippen LogP contribution < -0.4 is 0 Å². The molecule has 0 aromatic heterocycles. The molecule has 2 heteroatoms. The zero-order valence-corrected chi connectivity index (χ0v) is 10.8. The Morgan fingerprint density at radius 2 is 2.06 bits per heavy atom. The summed E-state index contributed by atoms with van der Waals surface area (Å²) < 4.78 is 5.77. The van der Waals surface area contributed by atoms with Crippen LogP contribution in [-0.4, -0.2) is 16.8 Å². The zero-order valence-electron chi connectivity index (χ0n) is 10.8. The molecule has 1 N–H and O–H groups in total. The number of aliphatic hydroxyl groups is 1. The largest absolute Gasteiger partial charge is 0.390 e. The molecular formula is C15H22O2. The number of hydrogen-bond donors (Lipinski definition) is 1. The lowest BCUT2D eigenvalue weighted by atomic mass is 9.79. The van der Waals surface area contributed by atoms with Gasteiger partial charge in [-0.05, 0) is 24.5 Å². The molecule has 2 nitrogen and oxygen atoms in total. The summed E-state index contributed by atoms with van der Waals surface area (Å²) in [7, 11) is 0. The second-order valence-corrected chi connectivity index (χ2v) is 5.41. The van der Waals surface area contributed by atoms with Crippen molar-refractivity contribution in [2.45, 2.75) is 57.8 Å². The van der Waals surface area contributed by atoms with Crippen LogP contribution in [0.4, 0.5) is 0 Å². The quantitative estimate of drug-likeness (QED) is 0.848. The van der Waals surface area contributed by atoms with Crippen LogP contribution in [-0.2, 0) is 17.8 Å². The van der Waals surface area contributed by atoms with E-state index in [9.17, 15) is 5.11 Å². The fourth-order valence-electron chi connectivity index (χ4n) is 2.42. The second-order valence-electron chi connectivity index (χ2n) is 5.41. The highest BCUT2D eigenvalue weighted by molar-refractivity contribution is 5.23. The van der Waals surface area contributed by atoms with Gasteiger partial charge in [0.05, 0.1) is 18.3 Å². The minimum absolute atomic E-state index is 0.236. The number of aryl methyl sites for hydroxylation is 1. The molecule has 17 heavy (non-hydrogen) atoms. The molecule has 0 radical (unpaired) electrons. The molecule has 1 aliphatic rings. The predicted octanol–water partition coefficient (Wildman–Crippen LogP) is 3.07. The number of benzene rings is 1. The molecule has 0 heterocycles. The summed E-state index contributed by atoms with van der Waals surface area (Å²) in [6.45, 7) is 4.73. The van der Waals surface area contributed by atoms with E-state index in [1.54, 1.807) is 0 Å². The highest BCUT2D eigenvalue weighted by Crippen LogP contribution is 2.34. The van der Waals surface area contributed by atoms with Crippen molar-refractivity contribution < 1.29 is 9.84 Å². The van der Waals surface area contributed by atoms with Crippen molar-refractivity contribution in [2.24, 2.45) is 0 Å². The van der Waals surface area contributed by atoms with Crippen molar-refractivity contribution in [1.29, 1.82) is 0 Å². The van der Waals surface area contributed by atoms with E-state index in [1.807, 2.05) is 6.92 Å². The van der Waals surface area contributed by atoms with Gasteiger partial charge in [0.2, 0.25) is 0 Å². The third-order valence-electron chi connectivity index (χ3n) is 3.35. The fraction of sp³-hybridized carbons (Fsp3) is 0.600. The highest BCUT2D eigenvalue weighted by atomic mass is 16.5. The Hall–Kier alpha value is -0.860. The third kappa shape index (κ3) is 3.55. The second kappa shape index (κ2) is 5.19. The van der Waals surface area contributed by atoms with Crippen LogP contribution in [0.5, 0.6) is 0 Å². The Labute approximate surface area is 104 Å². The van der Waals surface area contributed by atoms with Gasteiger partial charge in [-0.15, -0.1) is 0 Å². The summed E-state index contributed by atoms with van der Waals surface area (Å²) in [4.78, 5) is 0. The van der Waals surface area contributed by atoms with Crippen molar-refractivity contribution in [3.05, 3.63) is 35.4 Å². The van der Waals surface area contributed by atoms with Crippen molar-refractivity contribution in [3.63, 3.8) is 0 Å². The molecule has 1 saturated carbocycles. The van der Waals surface area contributed by atoms with Crippen molar-refractivity contribution in [2.75, 3.05) is 0 Å². The van der Waals surface area contributed by atoms with Crippen LogP contribution in [0, 0.1) is 0 Å². The van der Waals surface area contributed by atoms with E-state index in [-0.39, 0.29) is 6.10 Å². The lowest BCUT2D eigenvalue weighted by Crippen LogP contribution is -2.45. The minimum atomic E-state index is -0.491. The Bertz CT molecular complexity index is 363. The first-order chi connectivity index (χ1) is 8.09. The van der Waals surface area contributed by atoms with Crippen LogP contribution in [0.1, 0.15) is 44.2 Å². The molecule has 0 amide bonds. The maximum Gasteiger partial charge on any atom is 0.0720 e. The molecule has 0 bridgehead atoms. The van der Waals surface area contributed by atoms with E-state index in [0.29, 0.717) is 6.61 Å². The molecule has 0 aliphatic heterocycles. The van der Waals surface area contributed by atoms with E-state index in [2.05, 4.69) is 31.2 Å². The molecular weight excluding hydrogens is 212 g/mol. The van der Waals surface area contributed by atoms with Crippen LogP contribution in [0.15, 0.2) is 24.3 Å². The van der Waals surface area contributed by atoms with E-state index in [0.717, 1.165) is 19.3 Å². The molecule has 1 aliphatic carbocycles. The Kier molecular flexibility index (Phi) is 3.85. The van der Waals surface area contributed by atoms with Crippen molar-refractivity contribution in [3.8, 4) is 0 Å². The Morgan fingerprint density at radius 1 is 1.35 bits per heavy atom. The van der Waals surface area contributed by atoms with E-state index in [1.165, 1.54) is 17.5 Å². The number of hydrogen-bond acceptors (Lipinski definition) is 2. The Morgan fingerprint density at radius 3 is 2.71 bits per heavy atom. The van der Waals surface area contributed by atoms with Crippen LogP contribution >= 0.6 is 0 Å². The topological polar surface area (TPSA) is 29.5 Å². The Balaban J connectivity index is 1.81. The smallest absolute Gasteiger partial charge is 0.0720 e. The SMILES string of the molecule is CCCc1cccc(COC2CC(C)(O)C2)c1. The normalized spacial score (nSPS) is 27.8. The predicted molar refractivity (Wildman–Crippen MR) is 68.9 cm³/mol. The van der Waals surface area contributed by atoms with Gasteiger partial charge in [-0.3, -0.25) is 0 Å². The first-order valence-electron chi connectivity index (χ1n) is 6.51. The van der Waals surface area contributed by atoms with Gasteiger partial charge >= 0.3 is 0 Å². The average molecular weight is 234 g/mol. The lowest BCUT2D eigenvalue weighted by molar-refractivity contribution is -0.133. The van der Waals surface area contributed by atoms with Gasteiger partial charge in [0, 0.05) is 12.8 Å². The molecule has 0 spiro atoms. The molecule has 1 fully saturated rings. The number of ether oxygens (including phenoxy) is 1. The van der Waals surface area contributed by atoms with Gasteiger partial charge in [-0.25, -0.2) is 0 Å². The molecule has 0 saturated heterocycles. The van der Waals surface area contributed by atoms with Gasteiger partial charge < -0.3 is 9.84 Å². The van der Waals surface area contributed by atoms with E-state index >= 15 is 0 Å². The van der Waals surface area contributed by atoms with Crippen LogP contribution in [0.2, 0.25) is 0 Å². The maximum atomic E-state index is 9.61. The number of rotatable bonds is 5. The molecule has 94 valence electrons. The zero-order chi connectivity index (χ0) is 12.3. The first kappa shape index (κ1) is 12.6. The van der Waals surface area contributed by atoms with Crippen LogP contribution in [0.25, 0.3) is 0 Å². The van der Waals surface area contributed by atoms with Gasteiger partial charge in [-0.1, -0.05) is 37.6 Å². The standard InChI is InChI=1S/C15H22O2/c1-3-5-12-6-4-7-13(8-12)11-17-14-9-15(2,16)10-14/h4,6-8,14,16H,3,5,9-11H2,1-2H3. The van der Waals surface area contributed by atoms with Crippen molar-refractivity contribution in [1.82, 2.24) is 0 Å². The maximum absolute atomic E-state index is 9.61. The molecule has 0 unspecified atom stereocenters. The van der Waals surface area contributed by atoms with Gasteiger partial charge in [0.25, 0.3) is 0 Å². The van der Waals surface area contributed by atoms with Gasteiger partial charge in [-0.2, -0.15) is 0 Å². The third-order valence-corrected chi connectivity index (χ3v) is 3.35. The van der Waals surface area contributed by atoms with Crippen LogP contribution in [0.3, 0.4) is 0 Å². The van der Waals surface area contributed by atoms with E-state index < -0.39 is 5.60 Å². The molecule has 0 atom stereocenters. The molecule has 1 aromatic carbocycles. The van der Waals surface area contributed by atoms with E-state index in [4.69, 9.17) is 4.74 Å². The first-order valence-corrected chi connectivity index (χ1v) is 6.51.